The van der Waals surface area contributed by atoms with Crippen molar-refractivity contribution < 1.29 is 13.2 Å². The Hall–Kier alpha value is -3.25. The summed E-state index contributed by atoms with van der Waals surface area (Å²) in [6.07, 6.45) is 3.97. The van der Waals surface area contributed by atoms with Gasteiger partial charge in [0.05, 0.1) is 40.5 Å². The molecular weight excluding hydrogens is 568 g/mol. The summed E-state index contributed by atoms with van der Waals surface area (Å²) in [6.45, 7) is 6.44. The minimum Gasteiger partial charge on any atom is -0.495 e. The van der Waals surface area contributed by atoms with Gasteiger partial charge in [-0.1, -0.05) is 23.7 Å². The van der Waals surface area contributed by atoms with Crippen molar-refractivity contribution in [3.05, 3.63) is 64.8 Å². The fraction of sp³-hybridized carbons (Fsp3) is 0.321. The molecule has 0 aliphatic carbocycles. The van der Waals surface area contributed by atoms with E-state index in [1.807, 2.05) is 18.2 Å². The Morgan fingerprint density at radius 2 is 1.85 bits per heavy atom. The third-order valence-electron chi connectivity index (χ3n) is 6.64. The van der Waals surface area contributed by atoms with Crippen LogP contribution in [0, 0.1) is 0 Å². The number of benzene rings is 2. The number of hydrogen-bond donors (Lipinski definition) is 2. The summed E-state index contributed by atoms with van der Waals surface area (Å²) >= 11 is 8.00. The molecule has 0 radical (unpaired) electrons. The van der Waals surface area contributed by atoms with Crippen LogP contribution in [0.4, 0.5) is 23.1 Å². The highest BCUT2D eigenvalue weighted by Gasteiger charge is 2.23. The average molecular weight is 599 g/mol. The number of nitrogens with zero attached hydrogens (tertiary/aromatic N) is 4. The van der Waals surface area contributed by atoms with E-state index in [0.29, 0.717) is 17.1 Å². The number of hydrogen-bond acceptors (Lipinski definition) is 10. The van der Waals surface area contributed by atoms with Gasteiger partial charge in [-0.3, -0.25) is 4.90 Å². The van der Waals surface area contributed by atoms with Gasteiger partial charge in [-0.25, -0.2) is 18.4 Å². The summed E-state index contributed by atoms with van der Waals surface area (Å²) in [7, 11) is -1.92. The van der Waals surface area contributed by atoms with Gasteiger partial charge in [-0.05, 0) is 70.1 Å². The lowest BCUT2D eigenvalue weighted by molar-refractivity contribution is 0.328. The predicted octanol–water partition coefficient (Wildman–Crippen LogP) is 6.53. The lowest BCUT2D eigenvalue weighted by Crippen LogP contribution is -2.18. The van der Waals surface area contributed by atoms with Crippen molar-refractivity contribution in [2.24, 2.45) is 0 Å². The molecule has 0 bridgehead atoms. The van der Waals surface area contributed by atoms with Gasteiger partial charge in [0.2, 0.25) is 5.95 Å². The minimum atomic E-state index is -3.53. The normalized spacial score (nSPS) is 14.0. The Bertz CT molecular complexity index is 1600. The number of aromatic nitrogens is 3. The lowest BCUT2D eigenvalue weighted by Gasteiger charge is -2.16. The van der Waals surface area contributed by atoms with Crippen molar-refractivity contribution >= 4 is 55.9 Å². The SMILES string of the molecule is COc1cc(-c2nc(CN3CCCC3)cs2)ccc1Nc1ncc(Cl)c(Nc2ccccc2S(=O)(=O)C(C)C)n1. The van der Waals surface area contributed by atoms with Gasteiger partial charge in [-0.15, -0.1) is 11.3 Å². The van der Waals surface area contributed by atoms with E-state index in [2.05, 4.69) is 30.9 Å². The number of rotatable bonds is 10. The first-order chi connectivity index (χ1) is 19.2. The van der Waals surface area contributed by atoms with E-state index in [0.717, 1.165) is 35.9 Å². The summed E-state index contributed by atoms with van der Waals surface area (Å²) in [5.74, 6) is 1.15. The zero-order valence-corrected chi connectivity index (χ0v) is 24.9. The summed E-state index contributed by atoms with van der Waals surface area (Å²) in [5.41, 5.74) is 3.09. The molecule has 0 atom stereocenters. The van der Waals surface area contributed by atoms with Crippen LogP contribution in [0.3, 0.4) is 0 Å². The van der Waals surface area contributed by atoms with Crippen LogP contribution in [0.25, 0.3) is 10.6 Å². The van der Waals surface area contributed by atoms with E-state index in [-0.39, 0.29) is 21.7 Å². The number of ether oxygens (including phenoxy) is 1. The van der Waals surface area contributed by atoms with Crippen LogP contribution in [-0.4, -0.2) is 53.7 Å². The first-order valence-corrected chi connectivity index (χ1v) is 15.8. The monoisotopic (exact) mass is 598 g/mol. The fourth-order valence-corrected chi connectivity index (χ4v) is 6.59. The molecule has 12 heteroatoms. The Labute approximate surface area is 243 Å². The van der Waals surface area contributed by atoms with Crippen LogP contribution < -0.4 is 15.4 Å². The second-order valence-electron chi connectivity index (χ2n) is 9.77. The molecule has 2 N–H and O–H groups in total. The van der Waals surface area contributed by atoms with E-state index in [1.165, 1.54) is 19.0 Å². The van der Waals surface area contributed by atoms with E-state index in [4.69, 9.17) is 21.3 Å². The maximum atomic E-state index is 12.9. The Morgan fingerprint density at radius 1 is 1.07 bits per heavy atom. The van der Waals surface area contributed by atoms with Crippen molar-refractivity contribution in [2.45, 2.75) is 43.4 Å². The topological polar surface area (TPSA) is 109 Å². The third kappa shape index (κ3) is 6.22. The van der Waals surface area contributed by atoms with Crippen molar-refractivity contribution in [2.75, 3.05) is 30.8 Å². The molecule has 40 heavy (non-hydrogen) atoms. The van der Waals surface area contributed by atoms with Crippen LogP contribution in [0.5, 0.6) is 5.75 Å². The van der Waals surface area contributed by atoms with E-state index in [9.17, 15) is 8.42 Å². The average Bonchev–Trinajstić information content (AvgIpc) is 3.64. The predicted molar refractivity (Wildman–Crippen MR) is 161 cm³/mol. The zero-order chi connectivity index (χ0) is 28.3. The molecule has 5 rings (SSSR count). The van der Waals surface area contributed by atoms with E-state index in [1.54, 1.807) is 56.6 Å². The minimum absolute atomic E-state index is 0.178. The molecule has 3 heterocycles. The molecule has 0 amide bonds. The summed E-state index contributed by atoms with van der Waals surface area (Å²) in [4.78, 5) is 16.3. The van der Waals surface area contributed by atoms with Crippen LogP contribution >= 0.6 is 22.9 Å². The molecule has 0 spiro atoms. The summed E-state index contributed by atoms with van der Waals surface area (Å²) < 4.78 is 31.4. The number of para-hydroxylation sites is 1. The van der Waals surface area contributed by atoms with Gasteiger partial charge in [-0.2, -0.15) is 4.98 Å². The zero-order valence-electron chi connectivity index (χ0n) is 22.5. The molecule has 1 aliphatic heterocycles. The quantitative estimate of drug-likeness (QED) is 0.210. The maximum absolute atomic E-state index is 12.9. The number of halogens is 1. The fourth-order valence-electron chi connectivity index (χ4n) is 4.44. The Kier molecular flexibility index (Phi) is 8.55. The van der Waals surface area contributed by atoms with Gasteiger partial charge < -0.3 is 15.4 Å². The standard InChI is InChI=1S/C28H31ClN6O3S2/c1-18(2)40(36,37)25-9-5-4-8-23(25)32-26-21(29)15-30-28(34-26)33-22-11-10-19(14-24(22)38-3)27-31-20(17-39-27)16-35-12-6-7-13-35/h4-5,8-11,14-15,17-18H,6-7,12-13,16H2,1-3H3,(H2,30,32,33,34). The number of nitrogens with one attached hydrogen (secondary N) is 2. The molecule has 1 aliphatic rings. The van der Waals surface area contributed by atoms with Gasteiger partial charge >= 0.3 is 0 Å². The highest BCUT2D eigenvalue weighted by atomic mass is 35.5. The molecule has 210 valence electrons. The lowest BCUT2D eigenvalue weighted by atomic mass is 10.2. The number of anilines is 4. The number of likely N-dealkylation sites (tertiary alicyclic amines) is 1. The largest absolute Gasteiger partial charge is 0.495 e. The van der Waals surface area contributed by atoms with Crippen LogP contribution in [-0.2, 0) is 16.4 Å². The van der Waals surface area contributed by atoms with Crippen molar-refractivity contribution in [3.63, 3.8) is 0 Å². The molecule has 2 aromatic heterocycles. The second-order valence-corrected chi connectivity index (χ2v) is 13.5. The number of thiazole rings is 1. The summed E-state index contributed by atoms with van der Waals surface area (Å²) in [6, 6.07) is 12.5. The second kappa shape index (κ2) is 12.1. The van der Waals surface area contributed by atoms with E-state index >= 15 is 0 Å². The first kappa shape index (κ1) is 28.3. The number of sulfone groups is 1. The molecule has 1 fully saturated rings. The molecular formula is C28H31ClN6O3S2. The molecule has 2 aromatic carbocycles. The highest BCUT2D eigenvalue weighted by molar-refractivity contribution is 7.92. The van der Waals surface area contributed by atoms with Gasteiger partial charge in [0.1, 0.15) is 15.8 Å². The van der Waals surface area contributed by atoms with Crippen LogP contribution in [0.15, 0.2) is 58.9 Å². The highest BCUT2D eigenvalue weighted by Crippen LogP contribution is 2.35. The van der Waals surface area contributed by atoms with Crippen LogP contribution in [0.2, 0.25) is 5.02 Å². The third-order valence-corrected chi connectivity index (χ3v) is 10.1. The Morgan fingerprint density at radius 3 is 2.60 bits per heavy atom. The van der Waals surface area contributed by atoms with Gasteiger partial charge in [0.15, 0.2) is 15.7 Å². The molecule has 9 nitrogen and oxygen atoms in total. The Balaban J connectivity index is 1.36. The summed E-state index contributed by atoms with van der Waals surface area (Å²) in [5, 5.41) is 8.98. The van der Waals surface area contributed by atoms with Crippen LogP contribution in [0.1, 0.15) is 32.4 Å². The molecule has 4 aromatic rings. The first-order valence-electron chi connectivity index (χ1n) is 13.0. The maximum Gasteiger partial charge on any atom is 0.229 e. The van der Waals surface area contributed by atoms with Crippen molar-refractivity contribution in [3.8, 4) is 16.3 Å². The molecule has 1 saturated heterocycles. The van der Waals surface area contributed by atoms with E-state index < -0.39 is 15.1 Å². The van der Waals surface area contributed by atoms with Crippen molar-refractivity contribution in [1.82, 2.24) is 19.9 Å². The van der Waals surface area contributed by atoms with Gasteiger partial charge in [0.25, 0.3) is 0 Å². The molecule has 0 unspecified atom stereocenters. The molecule has 0 saturated carbocycles. The van der Waals surface area contributed by atoms with Gasteiger partial charge in [0, 0.05) is 17.5 Å². The smallest absolute Gasteiger partial charge is 0.229 e. The number of methoxy groups -OCH3 is 1. The van der Waals surface area contributed by atoms with Crippen molar-refractivity contribution in [1.29, 1.82) is 0 Å².